The summed E-state index contributed by atoms with van der Waals surface area (Å²) in [6.07, 6.45) is 9.17. The Kier molecular flexibility index (Phi) is 5.14. The second-order valence-corrected chi connectivity index (χ2v) is 8.95. The quantitative estimate of drug-likeness (QED) is 0.858. The summed E-state index contributed by atoms with van der Waals surface area (Å²) in [5.41, 5.74) is 0. The van der Waals surface area contributed by atoms with Gasteiger partial charge in [-0.2, -0.15) is 0 Å². The van der Waals surface area contributed by atoms with Gasteiger partial charge in [0.2, 0.25) is 5.91 Å². The van der Waals surface area contributed by atoms with Crippen LogP contribution in [0.4, 0.5) is 0 Å². The van der Waals surface area contributed by atoms with Crippen molar-refractivity contribution < 1.29 is 4.79 Å². The number of hydrogen-bond acceptors (Lipinski definition) is 3. The summed E-state index contributed by atoms with van der Waals surface area (Å²) in [6.45, 7) is 8.68. The highest BCUT2D eigenvalue weighted by molar-refractivity contribution is 5.76. The molecule has 136 valence electrons. The van der Waals surface area contributed by atoms with Crippen LogP contribution in [0.5, 0.6) is 0 Å². The van der Waals surface area contributed by atoms with E-state index in [9.17, 15) is 4.79 Å². The zero-order valence-electron chi connectivity index (χ0n) is 15.4. The van der Waals surface area contributed by atoms with E-state index >= 15 is 0 Å². The Bertz CT molecular complexity index is 440. The minimum Gasteiger partial charge on any atom is -0.340 e. The van der Waals surface area contributed by atoms with Crippen molar-refractivity contribution in [1.29, 1.82) is 0 Å². The van der Waals surface area contributed by atoms with Crippen LogP contribution in [0.25, 0.3) is 0 Å². The van der Waals surface area contributed by atoms with Crippen LogP contribution >= 0.6 is 0 Å². The molecule has 4 rings (SSSR count). The first-order valence-corrected chi connectivity index (χ1v) is 10.4. The highest BCUT2D eigenvalue weighted by Crippen LogP contribution is 2.46. The van der Waals surface area contributed by atoms with Gasteiger partial charge in [-0.3, -0.25) is 9.69 Å². The number of piperazine rings is 1. The number of carbonyl (C=O) groups is 1. The summed E-state index contributed by atoms with van der Waals surface area (Å²) in [4.78, 5) is 17.6. The molecule has 1 N–H and O–H groups in total. The molecular formula is C20H35N3O. The highest BCUT2D eigenvalue weighted by atomic mass is 16.2. The number of hydrogen-bond donors (Lipinski definition) is 1. The van der Waals surface area contributed by atoms with Crippen LogP contribution in [0.2, 0.25) is 0 Å². The zero-order chi connectivity index (χ0) is 16.5. The second kappa shape index (κ2) is 7.33. The Hall–Kier alpha value is -0.610. The molecule has 0 spiro atoms. The smallest absolute Gasteiger partial charge is 0.222 e. The third kappa shape index (κ3) is 3.50. The summed E-state index contributed by atoms with van der Waals surface area (Å²) in [7, 11) is 0. The number of carbonyl (C=O) groups excluding carboxylic acids is 1. The van der Waals surface area contributed by atoms with Crippen molar-refractivity contribution in [2.75, 3.05) is 39.3 Å². The van der Waals surface area contributed by atoms with E-state index in [0.29, 0.717) is 17.7 Å². The third-order valence-corrected chi connectivity index (χ3v) is 7.47. The molecule has 2 aliphatic heterocycles. The van der Waals surface area contributed by atoms with Crippen molar-refractivity contribution in [2.24, 2.45) is 23.7 Å². The number of nitrogens with zero attached hydrogens (tertiary/aromatic N) is 2. The lowest BCUT2D eigenvalue weighted by Crippen LogP contribution is -2.53. The van der Waals surface area contributed by atoms with Crippen LogP contribution in [-0.2, 0) is 4.79 Å². The fourth-order valence-corrected chi connectivity index (χ4v) is 5.90. The first-order valence-electron chi connectivity index (χ1n) is 10.4. The molecule has 24 heavy (non-hydrogen) atoms. The lowest BCUT2D eigenvalue weighted by Gasteiger charge is -2.41. The van der Waals surface area contributed by atoms with Gasteiger partial charge in [-0.05, 0) is 68.9 Å². The first kappa shape index (κ1) is 16.8. The standard InChI is InChI=1S/C20H35N3O/c1-15(18-3-2-6-21-14-18)11-20(24)23-9-7-22(8-10-23)19-13-16-4-5-17(19)12-16/h15-19,21H,2-14H2,1H3. The van der Waals surface area contributed by atoms with Gasteiger partial charge in [0.05, 0.1) is 0 Å². The molecule has 4 fully saturated rings. The molecule has 2 saturated carbocycles. The van der Waals surface area contributed by atoms with Crippen LogP contribution in [0.1, 0.15) is 51.9 Å². The monoisotopic (exact) mass is 333 g/mol. The maximum atomic E-state index is 12.7. The number of amides is 1. The first-order chi connectivity index (χ1) is 11.7. The molecule has 5 atom stereocenters. The molecule has 0 aromatic carbocycles. The van der Waals surface area contributed by atoms with Crippen LogP contribution < -0.4 is 5.32 Å². The van der Waals surface area contributed by atoms with Crippen molar-refractivity contribution in [1.82, 2.24) is 15.1 Å². The lowest BCUT2D eigenvalue weighted by molar-refractivity contribution is -0.134. The van der Waals surface area contributed by atoms with Crippen molar-refractivity contribution in [3.63, 3.8) is 0 Å². The largest absolute Gasteiger partial charge is 0.340 e. The maximum absolute atomic E-state index is 12.7. The Morgan fingerprint density at radius 2 is 1.96 bits per heavy atom. The third-order valence-electron chi connectivity index (χ3n) is 7.47. The summed E-state index contributed by atoms with van der Waals surface area (Å²) < 4.78 is 0. The van der Waals surface area contributed by atoms with Crippen LogP contribution in [0, 0.1) is 23.7 Å². The van der Waals surface area contributed by atoms with Gasteiger partial charge in [-0.1, -0.05) is 13.3 Å². The van der Waals surface area contributed by atoms with E-state index in [0.717, 1.165) is 63.6 Å². The van der Waals surface area contributed by atoms with Gasteiger partial charge in [-0.15, -0.1) is 0 Å². The summed E-state index contributed by atoms with van der Waals surface area (Å²) in [5, 5.41) is 3.49. The zero-order valence-corrected chi connectivity index (χ0v) is 15.4. The van der Waals surface area contributed by atoms with Gasteiger partial charge < -0.3 is 10.2 Å². The predicted molar refractivity (Wildman–Crippen MR) is 96.8 cm³/mol. The summed E-state index contributed by atoms with van der Waals surface area (Å²) >= 11 is 0. The van der Waals surface area contributed by atoms with Crippen molar-refractivity contribution >= 4 is 5.91 Å². The van der Waals surface area contributed by atoms with Gasteiger partial charge in [0.1, 0.15) is 0 Å². The molecule has 4 aliphatic rings. The molecule has 5 unspecified atom stereocenters. The second-order valence-electron chi connectivity index (χ2n) is 8.95. The molecule has 0 radical (unpaired) electrons. The SMILES string of the molecule is CC(CC(=O)N1CCN(C2CC3CCC2C3)CC1)C1CCCNC1. The van der Waals surface area contributed by atoms with Crippen LogP contribution in [-0.4, -0.2) is 61.0 Å². The fourth-order valence-electron chi connectivity index (χ4n) is 5.90. The molecule has 4 heteroatoms. The molecule has 2 saturated heterocycles. The normalized spacial score (nSPS) is 38.5. The molecule has 2 aliphatic carbocycles. The number of piperidine rings is 1. The maximum Gasteiger partial charge on any atom is 0.222 e. The molecule has 2 bridgehead atoms. The average molecular weight is 334 g/mol. The molecule has 0 aromatic heterocycles. The Balaban J connectivity index is 1.22. The van der Waals surface area contributed by atoms with E-state index in [1.54, 1.807) is 0 Å². The topological polar surface area (TPSA) is 35.6 Å². The summed E-state index contributed by atoms with van der Waals surface area (Å²) in [5.74, 6) is 3.60. The number of fused-ring (bicyclic) bond motifs is 2. The van der Waals surface area contributed by atoms with Gasteiger partial charge >= 0.3 is 0 Å². The lowest BCUT2D eigenvalue weighted by atomic mass is 9.85. The van der Waals surface area contributed by atoms with E-state index < -0.39 is 0 Å². The molecule has 1 amide bonds. The molecular weight excluding hydrogens is 298 g/mol. The molecule has 2 heterocycles. The van der Waals surface area contributed by atoms with Crippen LogP contribution in [0.15, 0.2) is 0 Å². The Morgan fingerprint density at radius 1 is 1.12 bits per heavy atom. The van der Waals surface area contributed by atoms with E-state index in [1.807, 2.05) is 0 Å². The van der Waals surface area contributed by atoms with Crippen molar-refractivity contribution in [3.05, 3.63) is 0 Å². The Labute approximate surface area is 147 Å². The summed E-state index contributed by atoms with van der Waals surface area (Å²) in [6, 6.07) is 0.841. The van der Waals surface area contributed by atoms with E-state index in [4.69, 9.17) is 0 Å². The molecule has 0 aromatic rings. The highest BCUT2D eigenvalue weighted by Gasteiger charge is 2.43. The van der Waals surface area contributed by atoms with Gasteiger partial charge in [0, 0.05) is 38.6 Å². The fraction of sp³-hybridized carbons (Fsp3) is 0.950. The molecule has 4 nitrogen and oxygen atoms in total. The minimum absolute atomic E-state index is 0.403. The van der Waals surface area contributed by atoms with Crippen molar-refractivity contribution in [3.8, 4) is 0 Å². The van der Waals surface area contributed by atoms with E-state index in [1.165, 1.54) is 38.5 Å². The minimum atomic E-state index is 0.403. The van der Waals surface area contributed by atoms with Gasteiger partial charge in [0.25, 0.3) is 0 Å². The van der Waals surface area contributed by atoms with Crippen molar-refractivity contribution in [2.45, 2.75) is 57.9 Å². The van der Waals surface area contributed by atoms with E-state index in [-0.39, 0.29) is 0 Å². The predicted octanol–water partition coefficient (Wildman–Crippen LogP) is 2.35. The van der Waals surface area contributed by atoms with Gasteiger partial charge in [0.15, 0.2) is 0 Å². The Morgan fingerprint density at radius 3 is 2.58 bits per heavy atom. The average Bonchev–Trinajstić information content (AvgIpc) is 3.26. The van der Waals surface area contributed by atoms with E-state index in [2.05, 4.69) is 22.0 Å². The number of nitrogens with one attached hydrogen (secondary N) is 1. The van der Waals surface area contributed by atoms with Gasteiger partial charge in [-0.25, -0.2) is 0 Å². The number of rotatable bonds is 4. The van der Waals surface area contributed by atoms with Crippen LogP contribution in [0.3, 0.4) is 0 Å².